The first-order valence-corrected chi connectivity index (χ1v) is 12.0. The second-order valence-corrected chi connectivity index (χ2v) is 10.7. The number of hydrogen-bond acceptors (Lipinski definition) is 6. The van der Waals surface area contributed by atoms with Gasteiger partial charge in [-0.05, 0) is 51.5 Å². The molecule has 0 aliphatic carbocycles. The van der Waals surface area contributed by atoms with Crippen molar-refractivity contribution in [1.29, 1.82) is 0 Å². The highest BCUT2D eigenvalue weighted by atomic mass is 32.2. The molecule has 1 aromatic heterocycles. The molecule has 0 aromatic carbocycles. The summed E-state index contributed by atoms with van der Waals surface area (Å²) in [6.45, 7) is 5.86. The van der Waals surface area contributed by atoms with E-state index in [0.717, 1.165) is 11.1 Å². The van der Waals surface area contributed by atoms with Gasteiger partial charge in [-0.3, -0.25) is 0 Å². The van der Waals surface area contributed by atoms with E-state index in [4.69, 9.17) is 9.84 Å². The van der Waals surface area contributed by atoms with E-state index in [0.29, 0.717) is 25.8 Å². The number of carboxylic acid groups (broad SMARTS) is 1. The molecule has 0 unspecified atom stereocenters. The van der Waals surface area contributed by atoms with E-state index in [-0.39, 0.29) is 13.1 Å². The van der Waals surface area contributed by atoms with Crippen LogP contribution in [0.1, 0.15) is 44.9 Å². The lowest BCUT2D eigenvalue weighted by atomic mass is 10.1. The average molecular weight is 450 g/mol. The lowest BCUT2D eigenvalue weighted by Crippen LogP contribution is -2.46. The van der Waals surface area contributed by atoms with E-state index in [1.807, 2.05) is 17.5 Å². The Morgan fingerprint density at radius 1 is 1.31 bits per heavy atom. The first-order chi connectivity index (χ1) is 13.4. The van der Waals surface area contributed by atoms with Crippen LogP contribution in [0.15, 0.2) is 17.5 Å². The van der Waals surface area contributed by atoms with Gasteiger partial charge in [-0.2, -0.15) is 4.31 Å². The first kappa shape index (κ1) is 25.2. The van der Waals surface area contributed by atoms with Crippen LogP contribution in [0.2, 0.25) is 0 Å². The van der Waals surface area contributed by atoms with Crippen LogP contribution in [0.3, 0.4) is 0 Å². The monoisotopic (exact) mass is 449 g/mol. The number of ether oxygens (including phenoxy) is 1. The SMILES string of the molecule is CC(C)(C)OC(=O)N[C@@H](CCCCNC(=O)O)CN(Cc1cccs1)S(C)(=O)=O. The van der Waals surface area contributed by atoms with Gasteiger partial charge >= 0.3 is 12.2 Å². The highest BCUT2D eigenvalue weighted by Crippen LogP contribution is 2.16. The van der Waals surface area contributed by atoms with Crippen molar-refractivity contribution in [3.05, 3.63) is 22.4 Å². The van der Waals surface area contributed by atoms with Crippen LogP contribution >= 0.6 is 11.3 Å². The quantitative estimate of drug-likeness (QED) is 0.446. The van der Waals surface area contributed by atoms with E-state index in [9.17, 15) is 18.0 Å². The third kappa shape index (κ3) is 11.7. The van der Waals surface area contributed by atoms with Crippen molar-refractivity contribution in [3.8, 4) is 0 Å². The molecule has 9 nitrogen and oxygen atoms in total. The molecule has 0 spiro atoms. The fourth-order valence-electron chi connectivity index (χ4n) is 2.53. The topological polar surface area (TPSA) is 125 Å². The summed E-state index contributed by atoms with van der Waals surface area (Å²) in [5.41, 5.74) is -0.673. The molecule has 29 heavy (non-hydrogen) atoms. The molecule has 0 bridgehead atoms. The molecule has 11 heteroatoms. The van der Waals surface area contributed by atoms with Crippen molar-refractivity contribution in [2.45, 2.75) is 58.2 Å². The first-order valence-electron chi connectivity index (χ1n) is 9.30. The van der Waals surface area contributed by atoms with E-state index < -0.39 is 33.9 Å². The minimum Gasteiger partial charge on any atom is -0.465 e. The smallest absolute Gasteiger partial charge is 0.407 e. The van der Waals surface area contributed by atoms with Crippen molar-refractivity contribution >= 4 is 33.5 Å². The van der Waals surface area contributed by atoms with Gasteiger partial charge in [-0.25, -0.2) is 18.0 Å². The lowest BCUT2D eigenvalue weighted by Gasteiger charge is -2.28. The van der Waals surface area contributed by atoms with Crippen LogP contribution in [-0.4, -0.2) is 61.0 Å². The molecule has 0 saturated carbocycles. The van der Waals surface area contributed by atoms with Crippen LogP contribution < -0.4 is 10.6 Å². The van der Waals surface area contributed by atoms with Crippen molar-refractivity contribution in [2.24, 2.45) is 0 Å². The van der Waals surface area contributed by atoms with Crippen LogP contribution in [0, 0.1) is 0 Å². The number of nitrogens with one attached hydrogen (secondary N) is 2. The summed E-state index contributed by atoms with van der Waals surface area (Å²) < 4.78 is 31.2. The van der Waals surface area contributed by atoms with E-state index >= 15 is 0 Å². The van der Waals surface area contributed by atoms with Gasteiger partial charge in [-0.1, -0.05) is 6.07 Å². The number of alkyl carbamates (subject to hydrolysis) is 1. The number of rotatable bonds is 11. The number of carbonyl (C=O) groups excluding carboxylic acids is 1. The molecule has 0 radical (unpaired) electrons. The van der Waals surface area contributed by atoms with E-state index in [1.54, 1.807) is 20.8 Å². The number of thiophene rings is 1. The zero-order valence-corrected chi connectivity index (χ0v) is 18.9. The van der Waals surface area contributed by atoms with Crippen molar-refractivity contribution in [2.75, 3.05) is 19.3 Å². The van der Waals surface area contributed by atoms with Gasteiger partial charge in [0.2, 0.25) is 10.0 Å². The van der Waals surface area contributed by atoms with Gasteiger partial charge < -0.3 is 20.5 Å². The molecule has 2 amide bonds. The fourth-order valence-corrected chi connectivity index (χ4v) is 4.16. The summed E-state index contributed by atoms with van der Waals surface area (Å²) in [5.74, 6) is 0. The summed E-state index contributed by atoms with van der Waals surface area (Å²) in [6.07, 6.45) is 1.10. The maximum atomic E-state index is 12.3. The van der Waals surface area contributed by atoms with Gasteiger partial charge in [0.1, 0.15) is 5.60 Å². The van der Waals surface area contributed by atoms with Crippen LogP contribution in [0.25, 0.3) is 0 Å². The number of sulfonamides is 1. The predicted octanol–water partition coefficient (Wildman–Crippen LogP) is 2.84. The van der Waals surface area contributed by atoms with Gasteiger partial charge in [0.25, 0.3) is 0 Å². The standard InChI is InChI=1S/C18H31N3O6S2/c1-18(2,3)27-17(24)20-14(8-5-6-10-19-16(22)23)12-21(29(4,25)26)13-15-9-7-11-28-15/h7,9,11,14,19H,5-6,8,10,12-13H2,1-4H3,(H,20,24)(H,22,23)/t14-/m0/s1. The normalized spacial score (nSPS) is 13.1. The minimum atomic E-state index is -3.50. The van der Waals surface area contributed by atoms with Gasteiger partial charge in [0.15, 0.2) is 0 Å². The Morgan fingerprint density at radius 2 is 2.00 bits per heavy atom. The molecule has 0 aliphatic heterocycles. The summed E-state index contributed by atoms with van der Waals surface area (Å²) in [7, 11) is -3.50. The number of amides is 2. The molecule has 3 N–H and O–H groups in total. The van der Waals surface area contributed by atoms with Gasteiger partial charge in [-0.15, -0.1) is 11.3 Å². The second kappa shape index (κ2) is 11.4. The Hall–Kier alpha value is -1.85. The van der Waals surface area contributed by atoms with Gasteiger partial charge in [0, 0.05) is 30.6 Å². The third-order valence-corrected chi connectivity index (χ3v) is 5.86. The number of unbranched alkanes of at least 4 members (excludes halogenated alkanes) is 1. The van der Waals surface area contributed by atoms with Crippen LogP contribution in [-0.2, 0) is 21.3 Å². The zero-order valence-electron chi connectivity index (χ0n) is 17.3. The summed E-state index contributed by atoms with van der Waals surface area (Å²) >= 11 is 1.46. The van der Waals surface area contributed by atoms with E-state index in [2.05, 4.69) is 10.6 Å². The molecule has 1 heterocycles. The molecule has 0 saturated heterocycles. The molecule has 1 rings (SSSR count). The molecule has 0 aliphatic rings. The maximum absolute atomic E-state index is 12.3. The summed E-state index contributed by atoms with van der Waals surface area (Å²) in [6, 6.07) is 3.24. The highest BCUT2D eigenvalue weighted by molar-refractivity contribution is 7.88. The molecule has 166 valence electrons. The van der Waals surface area contributed by atoms with Crippen LogP contribution in [0.5, 0.6) is 0 Å². The second-order valence-electron chi connectivity index (χ2n) is 7.71. The Kier molecular flexibility index (Phi) is 9.87. The Balaban J connectivity index is 2.79. The highest BCUT2D eigenvalue weighted by Gasteiger charge is 2.25. The maximum Gasteiger partial charge on any atom is 0.407 e. The Morgan fingerprint density at radius 3 is 2.52 bits per heavy atom. The molecular formula is C18H31N3O6S2. The zero-order chi connectivity index (χ0) is 22.1. The molecule has 1 aromatic rings. The minimum absolute atomic E-state index is 0.0995. The van der Waals surface area contributed by atoms with Gasteiger partial charge in [0.05, 0.1) is 6.26 Å². The van der Waals surface area contributed by atoms with E-state index in [1.165, 1.54) is 15.6 Å². The molecule has 1 atom stereocenters. The Bertz CT molecular complexity index is 744. The predicted molar refractivity (Wildman–Crippen MR) is 113 cm³/mol. The van der Waals surface area contributed by atoms with Crippen molar-refractivity contribution in [1.82, 2.24) is 14.9 Å². The molecular weight excluding hydrogens is 418 g/mol. The summed E-state index contributed by atoms with van der Waals surface area (Å²) in [5, 5.41) is 15.5. The lowest BCUT2D eigenvalue weighted by molar-refractivity contribution is 0.0494. The number of nitrogens with zero attached hydrogens (tertiary/aromatic N) is 1. The Labute approximate surface area is 176 Å². The largest absolute Gasteiger partial charge is 0.465 e. The number of hydrogen-bond donors (Lipinski definition) is 3. The average Bonchev–Trinajstić information content (AvgIpc) is 3.03. The van der Waals surface area contributed by atoms with Crippen molar-refractivity contribution < 1.29 is 27.9 Å². The van der Waals surface area contributed by atoms with Crippen LogP contribution in [0.4, 0.5) is 9.59 Å². The fraction of sp³-hybridized carbons (Fsp3) is 0.667. The van der Waals surface area contributed by atoms with Crippen molar-refractivity contribution in [3.63, 3.8) is 0 Å². The number of carbonyl (C=O) groups is 2. The summed E-state index contributed by atoms with van der Waals surface area (Å²) in [4.78, 5) is 23.6. The third-order valence-electron chi connectivity index (χ3n) is 3.78. The molecule has 0 fully saturated rings.